The summed E-state index contributed by atoms with van der Waals surface area (Å²) in [5.41, 5.74) is 5.85. The number of halogens is 1. The zero-order valence-electron chi connectivity index (χ0n) is 7.74. The topological polar surface area (TPSA) is 70.0 Å². The second-order valence-corrected chi connectivity index (χ2v) is 3.08. The van der Waals surface area contributed by atoms with Gasteiger partial charge in [0.1, 0.15) is 11.9 Å². The monoisotopic (exact) mass is 194 g/mol. The van der Waals surface area contributed by atoms with Gasteiger partial charge in [0.25, 0.3) is 0 Å². The Kier molecular flexibility index (Phi) is 3.18. The molecule has 2 unspecified atom stereocenters. The molecule has 0 aliphatic carbocycles. The molecule has 0 aromatic heterocycles. The lowest BCUT2D eigenvalue weighted by atomic mass is 9.98. The van der Waals surface area contributed by atoms with Gasteiger partial charge < -0.3 is 10.8 Å². The molecule has 0 fully saturated rings. The number of hydrogen-bond acceptors (Lipinski definition) is 3. The van der Waals surface area contributed by atoms with Gasteiger partial charge in [0.2, 0.25) is 0 Å². The second-order valence-electron chi connectivity index (χ2n) is 3.08. The van der Waals surface area contributed by atoms with E-state index in [9.17, 15) is 9.50 Å². The summed E-state index contributed by atoms with van der Waals surface area (Å²) in [4.78, 5) is 0. The van der Waals surface area contributed by atoms with Gasteiger partial charge in [-0.25, -0.2) is 4.39 Å². The van der Waals surface area contributed by atoms with E-state index in [0.29, 0.717) is 5.56 Å². The van der Waals surface area contributed by atoms with E-state index in [1.807, 2.05) is 0 Å². The van der Waals surface area contributed by atoms with Crippen LogP contribution < -0.4 is 5.73 Å². The van der Waals surface area contributed by atoms with E-state index in [1.54, 1.807) is 12.1 Å². The Balaban J connectivity index is 3.22. The molecule has 0 heterocycles. The quantitative estimate of drug-likeness (QED) is 0.740. The second kappa shape index (κ2) is 4.18. The van der Waals surface area contributed by atoms with E-state index in [0.717, 1.165) is 0 Å². The highest BCUT2D eigenvalue weighted by Gasteiger charge is 2.17. The van der Waals surface area contributed by atoms with Crippen LogP contribution in [-0.4, -0.2) is 11.2 Å². The van der Waals surface area contributed by atoms with Gasteiger partial charge in [-0.2, -0.15) is 5.26 Å². The van der Waals surface area contributed by atoms with Gasteiger partial charge in [-0.15, -0.1) is 0 Å². The summed E-state index contributed by atoms with van der Waals surface area (Å²) in [6.45, 7) is 1.50. The van der Waals surface area contributed by atoms with E-state index in [-0.39, 0.29) is 5.56 Å². The van der Waals surface area contributed by atoms with Crippen LogP contribution in [0.1, 0.15) is 24.1 Å². The number of rotatable bonds is 2. The van der Waals surface area contributed by atoms with Crippen LogP contribution in [0.25, 0.3) is 0 Å². The summed E-state index contributed by atoms with van der Waals surface area (Å²) in [5.74, 6) is -0.610. The molecule has 0 spiro atoms. The van der Waals surface area contributed by atoms with Gasteiger partial charge in [-0.05, 0) is 18.6 Å². The normalized spacial score (nSPS) is 14.5. The number of aliphatic hydroxyl groups excluding tert-OH is 1. The summed E-state index contributed by atoms with van der Waals surface area (Å²) in [6.07, 6.45) is -0.816. The zero-order valence-corrected chi connectivity index (χ0v) is 7.74. The summed E-state index contributed by atoms with van der Waals surface area (Å²) in [5, 5.41) is 17.9. The van der Waals surface area contributed by atoms with Crippen LogP contribution >= 0.6 is 0 Å². The minimum Gasteiger partial charge on any atom is -0.391 e. The Labute approximate surface area is 81.6 Å². The molecule has 0 bridgehead atoms. The van der Waals surface area contributed by atoms with E-state index in [4.69, 9.17) is 11.0 Å². The summed E-state index contributed by atoms with van der Waals surface area (Å²) in [6, 6.07) is 5.20. The minimum absolute atomic E-state index is 0.0964. The highest BCUT2D eigenvalue weighted by molar-refractivity contribution is 5.40. The lowest BCUT2D eigenvalue weighted by Gasteiger charge is -2.16. The van der Waals surface area contributed by atoms with Crippen molar-refractivity contribution in [3.63, 3.8) is 0 Å². The van der Waals surface area contributed by atoms with Gasteiger partial charge in [-0.1, -0.05) is 12.1 Å². The molecule has 3 N–H and O–H groups in total. The van der Waals surface area contributed by atoms with Crippen molar-refractivity contribution in [2.75, 3.05) is 0 Å². The van der Waals surface area contributed by atoms with Crippen molar-refractivity contribution in [3.05, 3.63) is 35.1 Å². The predicted octanol–water partition coefficient (Wildman–Crippen LogP) is 1.08. The largest absolute Gasteiger partial charge is 0.391 e. The maximum Gasteiger partial charge on any atom is 0.141 e. The third-order valence-corrected chi connectivity index (χ3v) is 2.04. The van der Waals surface area contributed by atoms with E-state index in [1.165, 1.54) is 19.1 Å². The molecular formula is C10H11FN2O. The average molecular weight is 194 g/mol. The molecule has 4 heteroatoms. The van der Waals surface area contributed by atoms with Crippen molar-refractivity contribution in [3.8, 4) is 6.07 Å². The number of nitrogens with zero attached hydrogens (tertiary/aromatic N) is 1. The van der Waals surface area contributed by atoms with Gasteiger partial charge in [0.15, 0.2) is 0 Å². The molecule has 0 aliphatic heterocycles. The number of nitrogens with two attached hydrogens (primary N) is 1. The first-order chi connectivity index (χ1) is 6.57. The fourth-order valence-corrected chi connectivity index (χ4v) is 1.20. The van der Waals surface area contributed by atoms with Crippen molar-refractivity contribution in [2.24, 2.45) is 5.73 Å². The number of aliphatic hydroxyl groups is 1. The smallest absolute Gasteiger partial charge is 0.141 e. The van der Waals surface area contributed by atoms with Crippen LogP contribution in [0, 0.1) is 17.1 Å². The summed E-state index contributed by atoms with van der Waals surface area (Å²) >= 11 is 0. The van der Waals surface area contributed by atoms with Crippen LogP contribution in [0.15, 0.2) is 18.2 Å². The lowest BCUT2D eigenvalue weighted by molar-refractivity contribution is 0.164. The molecule has 0 radical (unpaired) electrons. The molecular weight excluding hydrogens is 183 g/mol. The van der Waals surface area contributed by atoms with Crippen LogP contribution in [0.2, 0.25) is 0 Å². The van der Waals surface area contributed by atoms with Crippen molar-refractivity contribution >= 4 is 0 Å². The van der Waals surface area contributed by atoms with Gasteiger partial charge in [0, 0.05) is 0 Å². The first kappa shape index (κ1) is 10.6. The summed E-state index contributed by atoms with van der Waals surface area (Å²) < 4.78 is 13.1. The zero-order chi connectivity index (χ0) is 10.7. The highest BCUT2D eigenvalue weighted by atomic mass is 19.1. The van der Waals surface area contributed by atoms with E-state index in [2.05, 4.69) is 0 Å². The number of hydrogen-bond donors (Lipinski definition) is 2. The Bertz CT molecular complexity index is 371. The molecule has 2 atom stereocenters. The Morgan fingerprint density at radius 1 is 1.57 bits per heavy atom. The minimum atomic E-state index is -0.816. The molecule has 0 saturated heterocycles. The van der Waals surface area contributed by atoms with Crippen LogP contribution in [0.4, 0.5) is 4.39 Å². The van der Waals surface area contributed by atoms with Gasteiger partial charge in [-0.3, -0.25) is 0 Å². The molecule has 1 rings (SSSR count). The van der Waals surface area contributed by atoms with Gasteiger partial charge in [0.05, 0.1) is 17.7 Å². The van der Waals surface area contributed by atoms with Crippen LogP contribution in [0.3, 0.4) is 0 Å². The van der Waals surface area contributed by atoms with Crippen molar-refractivity contribution in [2.45, 2.75) is 19.1 Å². The SMILES string of the molecule is CC(O)C(N)c1cccc(F)c1C#N. The molecule has 74 valence electrons. The fraction of sp³-hybridized carbons (Fsp3) is 0.300. The van der Waals surface area contributed by atoms with Crippen LogP contribution in [-0.2, 0) is 0 Å². The number of nitriles is 1. The Morgan fingerprint density at radius 3 is 2.71 bits per heavy atom. The molecule has 0 aliphatic rings. The molecule has 0 saturated carbocycles. The van der Waals surface area contributed by atoms with Crippen LogP contribution in [0.5, 0.6) is 0 Å². The Hall–Kier alpha value is -1.44. The lowest BCUT2D eigenvalue weighted by Crippen LogP contribution is -2.24. The molecule has 1 aromatic rings. The third-order valence-electron chi connectivity index (χ3n) is 2.04. The molecule has 0 amide bonds. The summed E-state index contributed by atoms with van der Waals surface area (Å²) in [7, 11) is 0. The van der Waals surface area contributed by atoms with Crippen molar-refractivity contribution in [1.29, 1.82) is 5.26 Å². The Morgan fingerprint density at radius 2 is 2.21 bits per heavy atom. The first-order valence-electron chi connectivity index (χ1n) is 4.20. The maximum absolute atomic E-state index is 13.1. The number of benzene rings is 1. The maximum atomic E-state index is 13.1. The highest BCUT2D eigenvalue weighted by Crippen LogP contribution is 2.20. The predicted molar refractivity (Wildman–Crippen MR) is 49.7 cm³/mol. The average Bonchev–Trinajstić information content (AvgIpc) is 2.16. The van der Waals surface area contributed by atoms with Crippen molar-refractivity contribution < 1.29 is 9.50 Å². The van der Waals surface area contributed by atoms with E-state index < -0.39 is 18.0 Å². The first-order valence-corrected chi connectivity index (χ1v) is 4.20. The van der Waals surface area contributed by atoms with Crippen molar-refractivity contribution in [1.82, 2.24) is 0 Å². The van der Waals surface area contributed by atoms with Gasteiger partial charge >= 0.3 is 0 Å². The molecule has 1 aromatic carbocycles. The molecule has 14 heavy (non-hydrogen) atoms. The fourth-order valence-electron chi connectivity index (χ4n) is 1.20. The van der Waals surface area contributed by atoms with E-state index >= 15 is 0 Å². The molecule has 3 nitrogen and oxygen atoms in total. The third kappa shape index (κ3) is 1.90. The standard InChI is InChI=1S/C10H11FN2O/c1-6(14)10(13)7-3-2-4-9(11)8(7)5-12/h2-4,6,10,14H,13H2,1H3.